The zero-order chi connectivity index (χ0) is 17.4. The van der Waals surface area contributed by atoms with E-state index in [0.717, 1.165) is 11.1 Å². The first-order chi connectivity index (χ1) is 11.4. The molecule has 0 saturated heterocycles. The highest BCUT2D eigenvalue weighted by Gasteiger charge is 2.26. The molecule has 0 aliphatic carbocycles. The summed E-state index contributed by atoms with van der Waals surface area (Å²) in [7, 11) is -3.29. The van der Waals surface area contributed by atoms with Gasteiger partial charge in [0.1, 0.15) is 6.61 Å². The predicted molar refractivity (Wildman–Crippen MR) is 95.1 cm³/mol. The lowest BCUT2D eigenvalue weighted by Gasteiger charge is -2.17. The molecule has 0 saturated carbocycles. The van der Waals surface area contributed by atoms with E-state index in [1.807, 2.05) is 60.7 Å². The van der Waals surface area contributed by atoms with Crippen LogP contribution < -0.4 is 0 Å². The van der Waals surface area contributed by atoms with Gasteiger partial charge in [-0.25, -0.2) is 0 Å². The summed E-state index contributed by atoms with van der Waals surface area (Å²) in [5, 5.41) is 0. The Morgan fingerprint density at radius 3 is 2.12 bits per heavy atom. The molecule has 4 nitrogen and oxygen atoms in total. The van der Waals surface area contributed by atoms with E-state index < -0.39 is 19.3 Å². The molecule has 128 valence electrons. The summed E-state index contributed by atoms with van der Waals surface area (Å²) in [4.78, 5) is 22.0. The topological polar surface area (TPSA) is 63.6 Å². The van der Waals surface area contributed by atoms with Gasteiger partial charge in [-0.3, -0.25) is 9.36 Å². The van der Waals surface area contributed by atoms with Crippen LogP contribution >= 0.6 is 7.37 Å². The summed E-state index contributed by atoms with van der Waals surface area (Å²) in [6, 6.07) is 19.2. The first-order valence-electron chi connectivity index (χ1n) is 7.98. The van der Waals surface area contributed by atoms with Crippen LogP contribution in [0.1, 0.15) is 17.5 Å². The minimum atomic E-state index is -3.29. The Kier molecular flexibility index (Phi) is 6.77. The second-order valence-electron chi connectivity index (χ2n) is 6.05. The molecule has 1 N–H and O–H groups in total. The maximum atomic E-state index is 12.4. The van der Waals surface area contributed by atoms with Crippen LogP contribution in [0.4, 0.5) is 0 Å². The van der Waals surface area contributed by atoms with Crippen molar-refractivity contribution in [3.05, 3.63) is 71.8 Å². The third-order valence-corrected chi connectivity index (χ3v) is 4.86. The highest BCUT2D eigenvalue weighted by atomic mass is 31.2. The maximum absolute atomic E-state index is 12.4. The molecular formula is C19H23O4P. The van der Waals surface area contributed by atoms with E-state index in [0.29, 0.717) is 12.8 Å². The zero-order valence-corrected chi connectivity index (χ0v) is 14.7. The van der Waals surface area contributed by atoms with Crippen molar-refractivity contribution in [3.63, 3.8) is 0 Å². The summed E-state index contributed by atoms with van der Waals surface area (Å²) in [5.41, 5.74) is 2.00. The van der Waals surface area contributed by atoms with E-state index in [1.54, 1.807) is 0 Å². The molecule has 2 rings (SSSR count). The molecule has 5 heteroatoms. The molecule has 24 heavy (non-hydrogen) atoms. The largest absolute Gasteiger partial charge is 0.461 e. The second-order valence-corrected chi connectivity index (χ2v) is 8.52. The smallest absolute Gasteiger partial charge is 0.309 e. The Labute approximate surface area is 142 Å². The van der Waals surface area contributed by atoms with Gasteiger partial charge in [0.25, 0.3) is 0 Å². The molecule has 2 unspecified atom stereocenters. The fourth-order valence-electron chi connectivity index (χ4n) is 2.52. The molecule has 0 radical (unpaired) electrons. The number of rotatable bonds is 8. The van der Waals surface area contributed by atoms with Gasteiger partial charge in [0.2, 0.25) is 0 Å². The molecule has 0 heterocycles. The first-order valence-corrected chi connectivity index (χ1v) is 10.3. The van der Waals surface area contributed by atoms with Crippen molar-refractivity contribution < 1.29 is 19.0 Å². The molecule has 0 fully saturated rings. The Morgan fingerprint density at radius 1 is 1.04 bits per heavy atom. The van der Waals surface area contributed by atoms with Gasteiger partial charge in [0.05, 0.1) is 5.92 Å². The van der Waals surface area contributed by atoms with Crippen molar-refractivity contribution in [1.29, 1.82) is 0 Å². The van der Waals surface area contributed by atoms with Crippen LogP contribution in [0.3, 0.4) is 0 Å². The third-order valence-electron chi connectivity index (χ3n) is 3.74. The molecule has 0 aliphatic rings. The van der Waals surface area contributed by atoms with Crippen LogP contribution in [0.25, 0.3) is 0 Å². The second kappa shape index (κ2) is 8.81. The number of hydrogen-bond donors (Lipinski definition) is 1. The SMILES string of the molecule is CP(=O)(O)CC(CCc1ccccc1)C(=O)OCc1ccccc1. The minimum absolute atomic E-state index is 0.0482. The highest BCUT2D eigenvalue weighted by Crippen LogP contribution is 2.39. The lowest BCUT2D eigenvalue weighted by molar-refractivity contribution is -0.149. The van der Waals surface area contributed by atoms with Gasteiger partial charge in [0.15, 0.2) is 7.37 Å². The lowest BCUT2D eigenvalue weighted by atomic mass is 10.0. The van der Waals surface area contributed by atoms with E-state index in [2.05, 4.69) is 0 Å². The number of aryl methyl sites for hydroxylation is 1. The van der Waals surface area contributed by atoms with Crippen molar-refractivity contribution >= 4 is 13.3 Å². The van der Waals surface area contributed by atoms with Gasteiger partial charge in [0, 0.05) is 12.8 Å². The fraction of sp³-hybridized carbons (Fsp3) is 0.316. The Hall–Kier alpha value is -1.90. The van der Waals surface area contributed by atoms with Gasteiger partial charge >= 0.3 is 5.97 Å². The van der Waals surface area contributed by atoms with Crippen LogP contribution in [0.2, 0.25) is 0 Å². The van der Waals surface area contributed by atoms with Gasteiger partial charge in [-0.2, -0.15) is 0 Å². The number of ether oxygens (including phenoxy) is 1. The quantitative estimate of drug-likeness (QED) is 0.582. The summed E-state index contributed by atoms with van der Waals surface area (Å²) in [6.45, 7) is 1.47. The van der Waals surface area contributed by atoms with Crippen molar-refractivity contribution in [2.45, 2.75) is 19.4 Å². The number of benzene rings is 2. The van der Waals surface area contributed by atoms with Crippen LogP contribution in [-0.4, -0.2) is 23.7 Å². The third kappa shape index (κ3) is 6.69. The number of carbonyl (C=O) groups is 1. The van der Waals surface area contributed by atoms with E-state index in [9.17, 15) is 14.3 Å². The Bertz CT molecular complexity index is 679. The first kappa shape index (κ1) is 18.4. The van der Waals surface area contributed by atoms with E-state index in [1.165, 1.54) is 6.66 Å². The highest BCUT2D eigenvalue weighted by molar-refractivity contribution is 7.57. The zero-order valence-electron chi connectivity index (χ0n) is 13.8. The molecule has 2 aromatic rings. The van der Waals surface area contributed by atoms with Gasteiger partial charge in [-0.05, 0) is 24.0 Å². The molecular weight excluding hydrogens is 323 g/mol. The van der Waals surface area contributed by atoms with E-state index in [4.69, 9.17) is 4.74 Å². The summed E-state index contributed by atoms with van der Waals surface area (Å²) in [5.74, 6) is -0.985. The van der Waals surface area contributed by atoms with E-state index >= 15 is 0 Å². The standard InChI is InChI=1S/C19H23O4P/c1-24(21,22)15-18(13-12-16-8-4-2-5-9-16)19(20)23-14-17-10-6-3-7-11-17/h2-11,18H,12-15H2,1H3,(H,21,22). The van der Waals surface area contributed by atoms with Crippen molar-refractivity contribution in [1.82, 2.24) is 0 Å². The number of carbonyl (C=O) groups excluding carboxylic acids is 1. The molecule has 0 amide bonds. The van der Waals surface area contributed by atoms with Crippen LogP contribution in [0.15, 0.2) is 60.7 Å². The van der Waals surface area contributed by atoms with E-state index in [-0.39, 0.29) is 12.8 Å². The van der Waals surface area contributed by atoms with Crippen LogP contribution in [0.5, 0.6) is 0 Å². The molecule has 2 aromatic carbocycles. The molecule has 0 aliphatic heterocycles. The van der Waals surface area contributed by atoms with Crippen LogP contribution in [-0.2, 0) is 27.1 Å². The number of esters is 1. The fourth-order valence-corrected chi connectivity index (χ4v) is 3.67. The average Bonchev–Trinajstić information content (AvgIpc) is 2.57. The Morgan fingerprint density at radius 2 is 1.58 bits per heavy atom. The summed E-state index contributed by atoms with van der Waals surface area (Å²) >= 11 is 0. The van der Waals surface area contributed by atoms with Gasteiger partial charge < -0.3 is 9.63 Å². The van der Waals surface area contributed by atoms with Crippen LogP contribution in [0, 0.1) is 5.92 Å². The summed E-state index contributed by atoms with van der Waals surface area (Å²) in [6.07, 6.45) is 1.12. The van der Waals surface area contributed by atoms with Gasteiger partial charge in [-0.1, -0.05) is 60.7 Å². The average molecular weight is 346 g/mol. The molecule has 0 aromatic heterocycles. The normalized spacial score (nSPS) is 14.6. The monoisotopic (exact) mass is 346 g/mol. The minimum Gasteiger partial charge on any atom is -0.461 e. The Balaban J connectivity index is 1.96. The molecule has 2 atom stereocenters. The lowest BCUT2D eigenvalue weighted by Crippen LogP contribution is -2.22. The molecule has 0 bridgehead atoms. The summed E-state index contributed by atoms with van der Waals surface area (Å²) < 4.78 is 17.1. The maximum Gasteiger partial charge on any atom is 0.309 e. The predicted octanol–water partition coefficient (Wildman–Crippen LogP) is 3.88. The van der Waals surface area contributed by atoms with Gasteiger partial charge in [-0.15, -0.1) is 0 Å². The molecule has 0 spiro atoms. The van der Waals surface area contributed by atoms with Crippen molar-refractivity contribution in [3.8, 4) is 0 Å². The van der Waals surface area contributed by atoms with Crippen molar-refractivity contribution in [2.24, 2.45) is 5.92 Å². The number of hydrogen-bond acceptors (Lipinski definition) is 3. The van der Waals surface area contributed by atoms with Crippen molar-refractivity contribution in [2.75, 3.05) is 12.8 Å².